The van der Waals surface area contributed by atoms with Crippen LogP contribution in [0.15, 0.2) is 116 Å². The molecule has 0 bridgehead atoms. The molecule has 0 saturated heterocycles. The molecule has 1 heteroatoms. The molecule has 4 rings (SSSR count). The van der Waals surface area contributed by atoms with Crippen LogP contribution < -0.4 is 5.32 Å². The van der Waals surface area contributed by atoms with Gasteiger partial charge in [-0.1, -0.05) is 79.9 Å². The van der Waals surface area contributed by atoms with Crippen molar-refractivity contribution < 1.29 is 0 Å². The minimum Gasteiger partial charge on any atom is -0.356 e. The smallest absolute Gasteiger partial charge is 0.0384 e. The Balaban J connectivity index is 1.81. The maximum atomic E-state index is 3.83. The van der Waals surface area contributed by atoms with E-state index in [1.807, 2.05) is 6.08 Å². The van der Waals surface area contributed by atoms with Gasteiger partial charge in [0.05, 0.1) is 0 Å². The SMILES string of the molecule is C=C/C=C(\C=C)Nc1ccc(-c2cc3ccccc3c3ccccc23)cc1. The molecule has 0 aliphatic carbocycles. The molecule has 0 unspecified atom stereocenters. The van der Waals surface area contributed by atoms with Crippen molar-refractivity contribution in [1.29, 1.82) is 0 Å². The minimum absolute atomic E-state index is 0.925. The molecule has 0 aromatic heterocycles. The summed E-state index contributed by atoms with van der Waals surface area (Å²) in [4.78, 5) is 0. The number of benzene rings is 4. The lowest BCUT2D eigenvalue weighted by Gasteiger charge is -2.12. The van der Waals surface area contributed by atoms with Crippen LogP contribution in [0.1, 0.15) is 0 Å². The second-order valence-corrected chi connectivity index (χ2v) is 6.46. The number of hydrogen-bond donors (Lipinski definition) is 1. The maximum Gasteiger partial charge on any atom is 0.0384 e. The van der Waals surface area contributed by atoms with Crippen molar-refractivity contribution >= 4 is 27.2 Å². The van der Waals surface area contributed by atoms with E-state index < -0.39 is 0 Å². The molecular weight excluding hydrogens is 326 g/mol. The van der Waals surface area contributed by atoms with Crippen LogP contribution in [0.2, 0.25) is 0 Å². The van der Waals surface area contributed by atoms with Crippen LogP contribution in [0.3, 0.4) is 0 Å². The van der Waals surface area contributed by atoms with Crippen LogP contribution in [0, 0.1) is 0 Å². The van der Waals surface area contributed by atoms with Crippen molar-refractivity contribution in [2.24, 2.45) is 0 Å². The summed E-state index contributed by atoms with van der Waals surface area (Å²) in [6, 6.07) is 28.0. The first kappa shape index (κ1) is 16.9. The molecule has 0 heterocycles. The van der Waals surface area contributed by atoms with E-state index in [4.69, 9.17) is 0 Å². The fourth-order valence-corrected chi connectivity index (χ4v) is 3.48. The Morgan fingerprint density at radius 3 is 2.11 bits per heavy atom. The van der Waals surface area contributed by atoms with Gasteiger partial charge in [-0.15, -0.1) is 0 Å². The summed E-state index contributed by atoms with van der Waals surface area (Å²) in [5.41, 5.74) is 4.41. The predicted molar refractivity (Wildman–Crippen MR) is 119 cm³/mol. The van der Waals surface area contributed by atoms with Gasteiger partial charge in [-0.05, 0) is 63.0 Å². The summed E-state index contributed by atoms with van der Waals surface area (Å²) in [6.45, 7) is 7.56. The largest absolute Gasteiger partial charge is 0.356 e. The average Bonchev–Trinajstić information content (AvgIpc) is 2.73. The summed E-state index contributed by atoms with van der Waals surface area (Å²) >= 11 is 0. The van der Waals surface area contributed by atoms with E-state index in [-0.39, 0.29) is 0 Å². The van der Waals surface area contributed by atoms with Gasteiger partial charge in [-0.2, -0.15) is 0 Å². The van der Waals surface area contributed by atoms with Crippen molar-refractivity contribution in [3.63, 3.8) is 0 Å². The summed E-state index contributed by atoms with van der Waals surface area (Å²) in [7, 11) is 0. The number of allylic oxidation sites excluding steroid dienone is 3. The third-order valence-corrected chi connectivity index (χ3v) is 4.77. The fraction of sp³-hybridized carbons (Fsp3) is 0. The highest BCUT2D eigenvalue weighted by atomic mass is 14.9. The first-order valence-electron chi connectivity index (χ1n) is 9.03. The molecule has 0 radical (unpaired) electrons. The second-order valence-electron chi connectivity index (χ2n) is 6.46. The third kappa shape index (κ3) is 3.28. The van der Waals surface area contributed by atoms with Gasteiger partial charge >= 0.3 is 0 Å². The second kappa shape index (κ2) is 7.35. The van der Waals surface area contributed by atoms with E-state index in [1.165, 1.54) is 32.7 Å². The zero-order valence-corrected chi connectivity index (χ0v) is 15.2. The Labute approximate surface area is 160 Å². The van der Waals surface area contributed by atoms with Gasteiger partial charge in [0.15, 0.2) is 0 Å². The van der Waals surface area contributed by atoms with Crippen LogP contribution >= 0.6 is 0 Å². The van der Waals surface area contributed by atoms with E-state index in [0.29, 0.717) is 0 Å². The molecular formula is C26H21N. The Morgan fingerprint density at radius 1 is 0.741 bits per heavy atom. The molecule has 130 valence electrons. The molecule has 4 aromatic carbocycles. The lowest BCUT2D eigenvalue weighted by Crippen LogP contribution is -1.95. The molecule has 1 nitrogen and oxygen atoms in total. The highest BCUT2D eigenvalue weighted by Gasteiger charge is 2.08. The predicted octanol–water partition coefficient (Wildman–Crippen LogP) is 7.33. The molecule has 27 heavy (non-hydrogen) atoms. The van der Waals surface area contributed by atoms with Crippen molar-refractivity contribution in [3.8, 4) is 11.1 Å². The lowest BCUT2D eigenvalue weighted by atomic mass is 9.93. The van der Waals surface area contributed by atoms with Gasteiger partial charge in [-0.3, -0.25) is 0 Å². The van der Waals surface area contributed by atoms with Crippen LogP contribution in [0.5, 0.6) is 0 Å². The van der Waals surface area contributed by atoms with Crippen LogP contribution in [0.4, 0.5) is 5.69 Å². The van der Waals surface area contributed by atoms with Gasteiger partial charge in [-0.25, -0.2) is 0 Å². The molecule has 0 saturated carbocycles. The van der Waals surface area contributed by atoms with Crippen molar-refractivity contribution in [2.45, 2.75) is 0 Å². The number of hydrogen-bond acceptors (Lipinski definition) is 1. The zero-order chi connectivity index (χ0) is 18.6. The highest BCUT2D eigenvalue weighted by Crippen LogP contribution is 2.35. The fourth-order valence-electron chi connectivity index (χ4n) is 3.48. The number of rotatable bonds is 5. The minimum atomic E-state index is 0.925. The maximum absolute atomic E-state index is 3.83. The summed E-state index contributed by atoms with van der Waals surface area (Å²) in [6.07, 6.45) is 5.43. The van der Waals surface area contributed by atoms with Crippen molar-refractivity contribution in [1.82, 2.24) is 0 Å². The van der Waals surface area contributed by atoms with E-state index >= 15 is 0 Å². The number of anilines is 1. The van der Waals surface area contributed by atoms with Gasteiger partial charge < -0.3 is 5.32 Å². The molecule has 0 spiro atoms. The van der Waals surface area contributed by atoms with Gasteiger partial charge in [0.1, 0.15) is 0 Å². The van der Waals surface area contributed by atoms with Gasteiger partial charge in [0.25, 0.3) is 0 Å². The summed E-state index contributed by atoms with van der Waals surface area (Å²) in [5, 5.41) is 8.46. The first-order valence-corrected chi connectivity index (χ1v) is 9.03. The quantitative estimate of drug-likeness (QED) is 0.294. The van der Waals surface area contributed by atoms with Crippen LogP contribution in [-0.4, -0.2) is 0 Å². The Hall–Kier alpha value is -3.58. The Kier molecular flexibility index (Phi) is 4.59. The molecule has 1 N–H and O–H groups in total. The lowest BCUT2D eigenvalue weighted by molar-refractivity contribution is 1.48. The molecule has 0 fully saturated rings. The van der Waals surface area contributed by atoms with E-state index in [9.17, 15) is 0 Å². The molecule has 0 amide bonds. The number of fused-ring (bicyclic) bond motifs is 3. The molecule has 0 aliphatic heterocycles. The van der Waals surface area contributed by atoms with Crippen LogP contribution in [0.25, 0.3) is 32.7 Å². The summed E-state index contributed by atoms with van der Waals surface area (Å²) < 4.78 is 0. The standard InChI is InChI=1S/C26H21N/c1-3-9-21(4-2)27-22-16-14-19(15-17-22)26-18-20-10-5-6-11-23(20)24-12-7-8-13-25(24)26/h3-18,27H,1-2H2/b21-9+. The molecule has 0 aliphatic rings. The highest BCUT2D eigenvalue weighted by molar-refractivity contribution is 6.13. The van der Waals surface area contributed by atoms with Crippen molar-refractivity contribution in [3.05, 3.63) is 116 Å². The Morgan fingerprint density at radius 2 is 1.41 bits per heavy atom. The van der Waals surface area contributed by atoms with Gasteiger partial charge in [0.2, 0.25) is 0 Å². The number of nitrogens with one attached hydrogen (secondary N) is 1. The van der Waals surface area contributed by atoms with E-state index in [2.05, 4.69) is 97.3 Å². The summed E-state index contributed by atoms with van der Waals surface area (Å²) in [5.74, 6) is 0. The normalized spacial score (nSPS) is 11.5. The topological polar surface area (TPSA) is 12.0 Å². The van der Waals surface area contributed by atoms with Gasteiger partial charge in [0, 0.05) is 11.4 Å². The average molecular weight is 347 g/mol. The van der Waals surface area contributed by atoms with E-state index in [0.717, 1.165) is 11.4 Å². The third-order valence-electron chi connectivity index (χ3n) is 4.77. The van der Waals surface area contributed by atoms with Crippen molar-refractivity contribution in [2.75, 3.05) is 5.32 Å². The van der Waals surface area contributed by atoms with Crippen LogP contribution in [-0.2, 0) is 0 Å². The Bertz CT molecular complexity index is 1160. The molecule has 4 aromatic rings. The monoisotopic (exact) mass is 347 g/mol. The van der Waals surface area contributed by atoms with E-state index in [1.54, 1.807) is 12.2 Å². The zero-order valence-electron chi connectivity index (χ0n) is 15.2. The first-order chi connectivity index (χ1) is 13.3. The molecule has 0 atom stereocenters.